The van der Waals surface area contributed by atoms with Crippen LogP contribution in [-0.2, 0) is 14.6 Å². The Labute approximate surface area is 173 Å². The van der Waals surface area contributed by atoms with Crippen LogP contribution in [0.1, 0.15) is 25.3 Å². The topological polar surface area (TPSA) is 66.5 Å². The molecule has 1 saturated heterocycles. The molecule has 0 aliphatic carbocycles. The van der Waals surface area contributed by atoms with E-state index in [4.69, 9.17) is 11.6 Å². The van der Waals surface area contributed by atoms with Crippen molar-refractivity contribution in [3.63, 3.8) is 0 Å². The Kier molecular flexibility index (Phi) is 6.14. The Hall–Kier alpha value is -2.19. The molecule has 0 unspecified atom stereocenters. The Balaban J connectivity index is 2.10. The molecule has 1 aliphatic heterocycles. The largest absolute Gasteiger partial charge is 0.338 e. The second kappa shape index (κ2) is 8.28. The maximum absolute atomic E-state index is 14.7. The molecule has 0 aromatic heterocycles. The molecule has 2 amide bonds. The number of carbonyl (C=O) groups excluding carboxylic acids is 1. The van der Waals surface area contributed by atoms with Gasteiger partial charge in [-0.15, -0.1) is 0 Å². The molecule has 29 heavy (non-hydrogen) atoms. The summed E-state index contributed by atoms with van der Waals surface area (Å²) in [5.41, 5.74) is -0.219. The van der Waals surface area contributed by atoms with Crippen molar-refractivity contribution in [2.45, 2.75) is 29.4 Å². The molecule has 1 heterocycles. The number of sulfone groups is 1. The van der Waals surface area contributed by atoms with E-state index in [1.807, 2.05) is 0 Å². The van der Waals surface area contributed by atoms with Gasteiger partial charge in [0.15, 0.2) is 9.84 Å². The summed E-state index contributed by atoms with van der Waals surface area (Å²) >= 11 is 5.87. The smallest absolute Gasteiger partial charge is 0.317 e. The fraction of sp³-hybridized carbons (Fsp3) is 0.350. The van der Waals surface area contributed by atoms with Crippen molar-refractivity contribution in [2.24, 2.45) is 0 Å². The number of halogens is 3. The highest BCUT2D eigenvalue weighted by molar-refractivity contribution is 7.92. The van der Waals surface area contributed by atoms with Gasteiger partial charge >= 0.3 is 6.03 Å². The summed E-state index contributed by atoms with van der Waals surface area (Å²) in [5.74, 6) is -1.52. The lowest BCUT2D eigenvalue weighted by atomic mass is 9.88. The van der Waals surface area contributed by atoms with E-state index >= 15 is 0 Å². The third kappa shape index (κ3) is 3.96. The van der Waals surface area contributed by atoms with Crippen molar-refractivity contribution in [1.82, 2.24) is 10.2 Å². The third-order valence-corrected chi connectivity index (χ3v) is 8.05. The van der Waals surface area contributed by atoms with Gasteiger partial charge in [0.1, 0.15) is 16.4 Å². The standard InChI is InChI=1S/C20H21ClF2N2O3S/c1-2-24-19(26)25-11-9-20(10-12-25,17-13-15(22)5-8-18(17)23)29(27,28)16-6-3-14(21)4-7-16/h3-8,13H,2,9-12H2,1H3,(H,24,26). The summed E-state index contributed by atoms with van der Waals surface area (Å²) in [5, 5.41) is 3.03. The van der Waals surface area contributed by atoms with Gasteiger partial charge in [0.2, 0.25) is 0 Å². The normalized spacial score (nSPS) is 16.5. The van der Waals surface area contributed by atoms with E-state index in [0.717, 1.165) is 18.2 Å². The van der Waals surface area contributed by atoms with Gasteiger partial charge in [-0.25, -0.2) is 22.0 Å². The van der Waals surface area contributed by atoms with Crippen LogP contribution in [0.25, 0.3) is 0 Å². The molecule has 5 nitrogen and oxygen atoms in total. The molecule has 0 atom stereocenters. The molecule has 156 valence electrons. The summed E-state index contributed by atoms with van der Waals surface area (Å²) in [6, 6.07) is 8.08. The lowest BCUT2D eigenvalue weighted by Crippen LogP contribution is -2.51. The zero-order valence-electron chi connectivity index (χ0n) is 15.8. The highest BCUT2D eigenvalue weighted by Crippen LogP contribution is 2.45. The van der Waals surface area contributed by atoms with Gasteiger partial charge in [0.05, 0.1) is 4.90 Å². The zero-order chi connectivity index (χ0) is 21.2. The number of nitrogens with one attached hydrogen (secondary N) is 1. The number of urea groups is 1. The number of benzene rings is 2. The fourth-order valence-electron chi connectivity index (χ4n) is 3.70. The van der Waals surface area contributed by atoms with Gasteiger partial charge in [-0.1, -0.05) is 11.6 Å². The average Bonchev–Trinajstić information content (AvgIpc) is 2.70. The van der Waals surface area contributed by atoms with Gasteiger partial charge < -0.3 is 10.2 Å². The number of likely N-dealkylation sites (tertiary alicyclic amines) is 1. The molecule has 9 heteroatoms. The monoisotopic (exact) mass is 442 g/mol. The van der Waals surface area contributed by atoms with E-state index < -0.39 is 26.2 Å². The Morgan fingerprint density at radius 2 is 1.76 bits per heavy atom. The molecule has 1 fully saturated rings. The van der Waals surface area contributed by atoms with E-state index in [2.05, 4.69) is 5.32 Å². The van der Waals surface area contributed by atoms with Crippen molar-refractivity contribution in [2.75, 3.05) is 19.6 Å². The van der Waals surface area contributed by atoms with Gasteiger partial charge in [0, 0.05) is 30.2 Å². The highest BCUT2D eigenvalue weighted by Gasteiger charge is 2.50. The number of hydrogen-bond acceptors (Lipinski definition) is 3. The number of amides is 2. The van der Waals surface area contributed by atoms with Crippen molar-refractivity contribution < 1.29 is 22.0 Å². The summed E-state index contributed by atoms with van der Waals surface area (Å²) in [6.45, 7) is 2.39. The van der Waals surface area contributed by atoms with Crippen LogP contribution in [0.4, 0.5) is 13.6 Å². The summed E-state index contributed by atoms with van der Waals surface area (Å²) in [6.07, 6.45) is -0.120. The molecular weight excluding hydrogens is 422 g/mol. The zero-order valence-corrected chi connectivity index (χ0v) is 17.4. The number of hydrogen-bond donors (Lipinski definition) is 1. The third-order valence-electron chi connectivity index (χ3n) is 5.24. The SMILES string of the molecule is CCNC(=O)N1CCC(c2cc(F)ccc2F)(S(=O)(=O)c2ccc(Cl)cc2)CC1. The molecule has 0 bridgehead atoms. The van der Waals surface area contributed by atoms with Crippen molar-refractivity contribution in [3.05, 3.63) is 64.7 Å². The van der Waals surface area contributed by atoms with Gasteiger partial charge in [0.25, 0.3) is 0 Å². The van der Waals surface area contributed by atoms with Gasteiger partial charge in [-0.2, -0.15) is 0 Å². The van der Waals surface area contributed by atoms with Crippen LogP contribution >= 0.6 is 11.6 Å². The van der Waals surface area contributed by atoms with Crippen LogP contribution in [0, 0.1) is 11.6 Å². The minimum absolute atomic E-state index is 0.0305. The first-order valence-corrected chi connectivity index (χ1v) is 11.1. The molecule has 2 aromatic carbocycles. The van der Waals surface area contributed by atoms with Crippen molar-refractivity contribution in [1.29, 1.82) is 0 Å². The van der Waals surface area contributed by atoms with Crippen LogP contribution in [0.5, 0.6) is 0 Å². The van der Waals surface area contributed by atoms with E-state index in [1.165, 1.54) is 29.2 Å². The Morgan fingerprint density at radius 1 is 1.14 bits per heavy atom. The van der Waals surface area contributed by atoms with Gasteiger partial charge in [-0.3, -0.25) is 0 Å². The molecule has 0 spiro atoms. The molecule has 1 N–H and O–H groups in total. The molecule has 2 aromatic rings. The maximum atomic E-state index is 14.7. The lowest BCUT2D eigenvalue weighted by molar-refractivity contribution is 0.174. The summed E-state index contributed by atoms with van der Waals surface area (Å²) in [7, 11) is -4.12. The minimum atomic E-state index is -4.12. The second-order valence-corrected chi connectivity index (χ2v) is 9.59. The molecule has 0 radical (unpaired) electrons. The number of carbonyl (C=O) groups is 1. The first kappa shape index (κ1) is 21.5. The minimum Gasteiger partial charge on any atom is -0.338 e. The summed E-state index contributed by atoms with van der Waals surface area (Å²) < 4.78 is 54.3. The van der Waals surface area contributed by atoms with E-state index in [1.54, 1.807) is 6.92 Å². The fourth-order valence-corrected chi connectivity index (χ4v) is 5.94. The van der Waals surface area contributed by atoms with Crippen LogP contribution in [0.15, 0.2) is 47.4 Å². The average molecular weight is 443 g/mol. The Bertz CT molecular complexity index is 1000. The number of rotatable bonds is 4. The quantitative estimate of drug-likeness (QED) is 0.774. The van der Waals surface area contributed by atoms with Crippen LogP contribution < -0.4 is 5.32 Å². The predicted molar refractivity (Wildman–Crippen MR) is 107 cm³/mol. The van der Waals surface area contributed by atoms with Crippen molar-refractivity contribution >= 4 is 27.5 Å². The lowest BCUT2D eigenvalue weighted by Gasteiger charge is -2.41. The first-order chi connectivity index (χ1) is 13.7. The van der Waals surface area contributed by atoms with Crippen LogP contribution in [0.2, 0.25) is 5.02 Å². The second-order valence-electron chi connectivity index (χ2n) is 6.90. The Morgan fingerprint density at radius 3 is 2.34 bits per heavy atom. The molecule has 0 saturated carbocycles. The van der Waals surface area contributed by atoms with E-state index in [0.29, 0.717) is 11.6 Å². The first-order valence-electron chi connectivity index (χ1n) is 9.20. The van der Waals surface area contributed by atoms with E-state index in [9.17, 15) is 22.0 Å². The van der Waals surface area contributed by atoms with Crippen LogP contribution in [-0.4, -0.2) is 39.0 Å². The molecule has 3 rings (SSSR count). The van der Waals surface area contributed by atoms with Crippen LogP contribution in [0.3, 0.4) is 0 Å². The number of piperidine rings is 1. The molecular formula is C20H21ClF2N2O3S. The summed E-state index contributed by atoms with van der Waals surface area (Å²) in [4.78, 5) is 13.6. The number of nitrogens with zero attached hydrogens (tertiary/aromatic N) is 1. The van der Waals surface area contributed by atoms with Crippen molar-refractivity contribution in [3.8, 4) is 0 Å². The molecule has 1 aliphatic rings. The van der Waals surface area contributed by atoms with E-state index in [-0.39, 0.29) is 42.4 Å². The maximum Gasteiger partial charge on any atom is 0.317 e. The highest BCUT2D eigenvalue weighted by atomic mass is 35.5. The van der Waals surface area contributed by atoms with Gasteiger partial charge in [-0.05, 0) is 62.2 Å². The predicted octanol–water partition coefficient (Wildman–Crippen LogP) is 4.11.